The normalized spacial score (nSPS) is 28.4. The zero-order valence-electron chi connectivity index (χ0n) is 15.1. The van der Waals surface area contributed by atoms with E-state index in [1.165, 1.54) is 11.3 Å². The van der Waals surface area contributed by atoms with Crippen LogP contribution in [0.1, 0.15) is 43.0 Å². The Morgan fingerprint density at radius 2 is 1.69 bits per heavy atom. The highest BCUT2D eigenvalue weighted by Gasteiger charge is 2.50. The zero-order valence-corrected chi connectivity index (χ0v) is 15.1. The summed E-state index contributed by atoms with van der Waals surface area (Å²) >= 11 is 0. The van der Waals surface area contributed by atoms with Gasteiger partial charge in [-0.3, -0.25) is 19.3 Å². The van der Waals surface area contributed by atoms with Gasteiger partial charge < -0.3 is 4.90 Å². The number of nitrogens with zero attached hydrogens (tertiary/aromatic N) is 2. The van der Waals surface area contributed by atoms with E-state index in [4.69, 9.17) is 0 Å². The Balaban J connectivity index is 1.54. The molecule has 2 saturated heterocycles. The highest BCUT2D eigenvalue weighted by Crippen LogP contribution is 2.40. The summed E-state index contributed by atoms with van der Waals surface area (Å²) in [6, 6.07) is 6.91. The quantitative estimate of drug-likeness (QED) is 0.607. The molecule has 0 N–H and O–H groups in total. The lowest BCUT2D eigenvalue weighted by Gasteiger charge is -2.27. The maximum atomic E-state index is 12.8. The molecule has 0 aromatic heterocycles. The van der Waals surface area contributed by atoms with Gasteiger partial charge in [0.2, 0.25) is 11.8 Å². The first-order valence-corrected chi connectivity index (χ1v) is 9.52. The van der Waals surface area contributed by atoms with E-state index in [0.717, 1.165) is 25.9 Å². The monoisotopic (exact) mass is 352 g/mol. The molecule has 2 fully saturated rings. The van der Waals surface area contributed by atoms with Crippen LogP contribution in [-0.2, 0) is 9.59 Å². The second kappa shape index (κ2) is 6.71. The van der Waals surface area contributed by atoms with Gasteiger partial charge in [0.15, 0.2) is 0 Å². The Bertz CT molecular complexity index is 762. The molecular formula is C21H24N2O3. The van der Waals surface area contributed by atoms with Gasteiger partial charge in [0.25, 0.3) is 5.91 Å². The predicted octanol–water partition coefficient (Wildman–Crippen LogP) is 3.01. The fourth-order valence-corrected chi connectivity index (χ4v) is 4.43. The molecule has 1 aromatic carbocycles. The Hall–Kier alpha value is -2.43. The average molecular weight is 352 g/mol. The molecule has 136 valence electrons. The number of carbonyl (C=O) groups is 3. The third kappa shape index (κ3) is 2.75. The van der Waals surface area contributed by atoms with Crippen LogP contribution in [0.4, 0.5) is 5.69 Å². The van der Waals surface area contributed by atoms with Crippen molar-refractivity contribution in [3.05, 3.63) is 42.0 Å². The summed E-state index contributed by atoms with van der Waals surface area (Å²) in [5, 5.41) is 0. The highest BCUT2D eigenvalue weighted by molar-refractivity contribution is 6.22. The maximum Gasteiger partial charge on any atom is 0.253 e. The number of allylic oxidation sites excluding steroid dienone is 2. The Morgan fingerprint density at radius 3 is 2.35 bits per heavy atom. The van der Waals surface area contributed by atoms with Gasteiger partial charge in [-0.05, 0) is 55.9 Å². The van der Waals surface area contributed by atoms with E-state index < -0.39 is 0 Å². The first-order valence-electron chi connectivity index (χ1n) is 9.52. The Kier molecular flexibility index (Phi) is 4.39. The van der Waals surface area contributed by atoms with Gasteiger partial charge in [-0.25, -0.2) is 0 Å². The fourth-order valence-electron chi connectivity index (χ4n) is 4.43. The lowest BCUT2D eigenvalue weighted by Crippen LogP contribution is -2.35. The van der Waals surface area contributed by atoms with Crippen LogP contribution >= 0.6 is 0 Å². The van der Waals surface area contributed by atoms with Gasteiger partial charge in [-0.1, -0.05) is 19.1 Å². The number of hydrogen-bond acceptors (Lipinski definition) is 3. The van der Waals surface area contributed by atoms with Crippen LogP contribution in [0.25, 0.3) is 0 Å². The van der Waals surface area contributed by atoms with E-state index in [1.807, 2.05) is 24.0 Å². The first kappa shape index (κ1) is 17.0. The summed E-state index contributed by atoms with van der Waals surface area (Å²) < 4.78 is 0. The van der Waals surface area contributed by atoms with E-state index in [-0.39, 0.29) is 35.5 Å². The van der Waals surface area contributed by atoms with E-state index >= 15 is 0 Å². The van der Waals surface area contributed by atoms with E-state index in [9.17, 15) is 14.4 Å². The molecular weight excluding hydrogens is 328 g/mol. The number of likely N-dealkylation sites (tertiary alicyclic amines) is 1. The SMILES string of the molecule is C[C@@H]1C=CC[C@@H]2C(=O)N(c3ccc(C(=O)N4CCCCC4)cc3)C(=O)[C@H]12. The van der Waals surface area contributed by atoms with Gasteiger partial charge in [0, 0.05) is 18.7 Å². The number of fused-ring (bicyclic) bond motifs is 1. The number of hydrogen-bond donors (Lipinski definition) is 0. The molecule has 3 amide bonds. The van der Waals surface area contributed by atoms with Crippen LogP contribution in [-0.4, -0.2) is 35.7 Å². The molecule has 2 heterocycles. The van der Waals surface area contributed by atoms with Crippen molar-refractivity contribution in [1.29, 1.82) is 0 Å². The van der Waals surface area contributed by atoms with Crippen molar-refractivity contribution >= 4 is 23.4 Å². The van der Waals surface area contributed by atoms with Crippen molar-refractivity contribution < 1.29 is 14.4 Å². The van der Waals surface area contributed by atoms with Gasteiger partial charge in [-0.2, -0.15) is 0 Å². The molecule has 5 heteroatoms. The van der Waals surface area contributed by atoms with Crippen LogP contribution in [0, 0.1) is 17.8 Å². The minimum absolute atomic E-state index is 0.0295. The van der Waals surface area contributed by atoms with Crippen molar-refractivity contribution in [1.82, 2.24) is 4.90 Å². The van der Waals surface area contributed by atoms with Crippen molar-refractivity contribution in [2.24, 2.45) is 17.8 Å². The summed E-state index contributed by atoms with van der Waals surface area (Å²) in [5.41, 5.74) is 1.18. The Morgan fingerprint density at radius 1 is 1.00 bits per heavy atom. The third-order valence-corrected chi connectivity index (χ3v) is 5.89. The summed E-state index contributed by atoms with van der Waals surface area (Å²) in [7, 11) is 0. The van der Waals surface area contributed by atoms with Gasteiger partial charge in [0.05, 0.1) is 17.5 Å². The minimum Gasteiger partial charge on any atom is -0.339 e. The predicted molar refractivity (Wildman–Crippen MR) is 98.6 cm³/mol. The maximum absolute atomic E-state index is 12.8. The largest absolute Gasteiger partial charge is 0.339 e. The van der Waals surface area contributed by atoms with Crippen LogP contribution in [0.5, 0.6) is 0 Å². The van der Waals surface area contributed by atoms with Crippen LogP contribution in [0.3, 0.4) is 0 Å². The number of benzene rings is 1. The molecule has 26 heavy (non-hydrogen) atoms. The second-order valence-corrected chi connectivity index (χ2v) is 7.57. The molecule has 5 nitrogen and oxygen atoms in total. The number of imide groups is 1. The van der Waals surface area contributed by atoms with Crippen molar-refractivity contribution in [2.45, 2.75) is 32.6 Å². The van der Waals surface area contributed by atoms with Gasteiger partial charge in [0.1, 0.15) is 0 Å². The molecule has 2 aliphatic heterocycles. The topological polar surface area (TPSA) is 57.7 Å². The fraction of sp³-hybridized carbons (Fsp3) is 0.476. The number of carbonyl (C=O) groups excluding carboxylic acids is 3. The number of anilines is 1. The molecule has 1 aliphatic carbocycles. The highest BCUT2D eigenvalue weighted by atomic mass is 16.2. The first-order chi connectivity index (χ1) is 12.6. The van der Waals surface area contributed by atoms with Gasteiger partial charge in [-0.15, -0.1) is 0 Å². The average Bonchev–Trinajstić information content (AvgIpc) is 2.94. The third-order valence-electron chi connectivity index (χ3n) is 5.89. The second-order valence-electron chi connectivity index (χ2n) is 7.57. The number of amides is 3. The van der Waals surface area contributed by atoms with Crippen molar-refractivity contribution in [3.63, 3.8) is 0 Å². The smallest absolute Gasteiger partial charge is 0.253 e. The molecule has 0 bridgehead atoms. The summed E-state index contributed by atoms with van der Waals surface area (Å²) in [4.78, 5) is 41.4. The van der Waals surface area contributed by atoms with Crippen LogP contribution in [0.15, 0.2) is 36.4 Å². The lowest BCUT2D eigenvalue weighted by molar-refractivity contribution is -0.122. The molecule has 3 atom stereocenters. The van der Waals surface area contributed by atoms with Crippen LogP contribution < -0.4 is 4.90 Å². The molecule has 0 spiro atoms. The van der Waals surface area contributed by atoms with Crippen LogP contribution in [0.2, 0.25) is 0 Å². The minimum atomic E-state index is -0.262. The van der Waals surface area contributed by atoms with E-state index in [2.05, 4.69) is 0 Å². The molecule has 0 radical (unpaired) electrons. The number of piperidine rings is 1. The summed E-state index contributed by atoms with van der Waals surface area (Å²) in [5.74, 6) is -0.644. The van der Waals surface area contributed by atoms with E-state index in [0.29, 0.717) is 17.7 Å². The molecule has 0 unspecified atom stereocenters. The zero-order chi connectivity index (χ0) is 18.3. The van der Waals surface area contributed by atoms with Gasteiger partial charge >= 0.3 is 0 Å². The number of rotatable bonds is 2. The van der Waals surface area contributed by atoms with E-state index in [1.54, 1.807) is 24.3 Å². The van der Waals surface area contributed by atoms with Crippen molar-refractivity contribution in [2.75, 3.05) is 18.0 Å². The standard InChI is InChI=1S/C21H24N2O3/c1-14-6-5-7-17-18(14)21(26)23(20(17)25)16-10-8-15(9-11-16)19(24)22-12-3-2-4-13-22/h5-6,8-11,14,17-18H,2-4,7,12-13H2,1H3/t14-,17+,18-/m1/s1. The molecule has 4 rings (SSSR count). The molecule has 3 aliphatic rings. The molecule has 0 saturated carbocycles. The lowest BCUT2D eigenvalue weighted by atomic mass is 9.78. The Labute approximate surface area is 153 Å². The summed E-state index contributed by atoms with van der Waals surface area (Å²) in [6.45, 7) is 3.60. The molecule has 1 aromatic rings. The summed E-state index contributed by atoms with van der Waals surface area (Å²) in [6.07, 6.45) is 7.93. The van der Waals surface area contributed by atoms with Crippen molar-refractivity contribution in [3.8, 4) is 0 Å².